The summed E-state index contributed by atoms with van der Waals surface area (Å²) in [5.74, 6) is 0.573. The van der Waals surface area contributed by atoms with E-state index >= 15 is 0 Å². The van der Waals surface area contributed by atoms with Crippen LogP contribution in [-0.2, 0) is 0 Å². The van der Waals surface area contributed by atoms with Crippen LogP contribution >= 0.6 is 11.6 Å². The molecule has 0 aromatic carbocycles. The zero-order valence-electron chi connectivity index (χ0n) is 12.1. The van der Waals surface area contributed by atoms with Crippen molar-refractivity contribution in [2.75, 3.05) is 6.54 Å². The quantitative estimate of drug-likeness (QED) is 0.897. The zero-order valence-corrected chi connectivity index (χ0v) is 12.9. The Hall–Kier alpha value is -1.20. The number of carbonyl (C=O) groups excluding carboxylic acids is 1. The average molecular weight is 297 g/mol. The lowest BCUT2D eigenvalue weighted by molar-refractivity contribution is 0.0914. The largest absolute Gasteiger partial charge is 0.346 e. The van der Waals surface area contributed by atoms with E-state index in [1.165, 1.54) is 6.20 Å². The summed E-state index contributed by atoms with van der Waals surface area (Å²) >= 11 is 6.05. The van der Waals surface area contributed by atoms with Crippen LogP contribution in [0.5, 0.6) is 0 Å². The zero-order chi connectivity index (χ0) is 14.7. The molecule has 2 atom stereocenters. The van der Waals surface area contributed by atoms with Gasteiger partial charge in [-0.2, -0.15) is 0 Å². The number of piperidine rings is 1. The van der Waals surface area contributed by atoms with Gasteiger partial charge in [0.25, 0.3) is 5.91 Å². The number of hydrogen-bond acceptors (Lipinski definition) is 4. The van der Waals surface area contributed by atoms with Crippen molar-refractivity contribution in [1.82, 2.24) is 20.6 Å². The van der Waals surface area contributed by atoms with Gasteiger partial charge in [-0.05, 0) is 26.3 Å². The number of aromatic nitrogens is 2. The van der Waals surface area contributed by atoms with Gasteiger partial charge in [-0.25, -0.2) is 9.97 Å². The first-order chi connectivity index (χ1) is 9.49. The minimum absolute atomic E-state index is 0.116. The molecule has 2 rings (SSSR count). The first-order valence-corrected chi connectivity index (χ1v) is 7.43. The maximum Gasteiger partial charge on any atom is 0.271 e. The number of carbonyl (C=O) groups is 1. The Bertz CT molecular complexity index is 492. The van der Waals surface area contributed by atoms with E-state index in [1.807, 2.05) is 13.8 Å². The summed E-state index contributed by atoms with van der Waals surface area (Å²) in [6.07, 6.45) is 3.53. The summed E-state index contributed by atoms with van der Waals surface area (Å²) in [5.41, 5.74) is 0.267. The highest BCUT2D eigenvalue weighted by molar-refractivity contribution is 6.33. The fourth-order valence-corrected chi connectivity index (χ4v) is 2.47. The molecule has 2 heterocycles. The molecule has 0 bridgehead atoms. The second-order valence-corrected chi connectivity index (χ2v) is 5.95. The van der Waals surface area contributed by atoms with Crippen LogP contribution in [0.2, 0.25) is 5.02 Å². The predicted molar refractivity (Wildman–Crippen MR) is 79.1 cm³/mol. The van der Waals surface area contributed by atoms with Gasteiger partial charge in [0.2, 0.25) is 0 Å². The van der Waals surface area contributed by atoms with Gasteiger partial charge in [0, 0.05) is 18.0 Å². The third kappa shape index (κ3) is 3.46. The van der Waals surface area contributed by atoms with Crippen LogP contribution in [0.25, 0.3) is 0 Å². The summed E-state index contributed by atoms with van der Waals surface area (Å²) in [6, 6.07) is 0.377. The van der Waals surface area contributed by atoms with Gasteiger partial charge >= 0.3 is 0 Å². The predicted octanol–water partition coefficient (Wildman–Crippen LogP) is 2.12. The molecule has 5 nitrogen and oxygen atoms in total. The molecule has 2 unspecified atom stereocenters. The molecule has 1 aromatic rings. The number of nitrogens with zero attached hydrogens (tertiary/aromatic N) is 2. The van der Waals surface area contributed by atoms with Gasteiger partial charge in [0.1, 0.15) is 11.5 Å². The standard InChI is InChI=1S/C14H21ClN4O/c1-8(2)13-17-7-10(15)12(19-13)14(20)18-11-5-4-6-16-9(11)3/h7-9,11,16H,4-6H2,1-3H3,(H,18,20). The fourth-order valence-electron chi connectivity index (χ4n) is 2.30. The number of nitrogens with one attached hydrogen (secondary N) is 2. The Morgan fingerprint density at radius 2 is 2.30 bits per heavy atom. The van der Waals surface area contributed by atoms with E-state index in [0.29, 0.717) is 10.8 Å². The van der Waals surface area contributed by atoms with Crippen LogP contribution in [0.1, 0.15) is 55.8 Å². The van der Waals surface area contributed by atoms with E-state index < -0.39 is 0 Å². The summed E-state index contributed by atoms with van der Waals surface area (Å²) in [6.45, 7) is 7.04. The van der Waals surface area contributed by atoms with Crippen LogP contribution in [0.15, 0.2) is 6.20 Å². The van der Waals surface area contributed by atoms with Gasteiger partial charge in [0.05, 0.1) is 11.2 Å². The first-order valence-electron chi connectivity index (χ1n) is 7.05. The van der Waals surface area contributed by atoms with E-state index in [1.54, 1.807) is 0 Å². The minimum atomic E-state index is -0.222. The van der Waals surface area contributed by atoms with Crippen LogP contribution in [0, 0.1) is 0 Å². The highest BCUT2D eigenvalue weighted by Gasteiger charge is 2.24. The second kappa shape index (κ2) is 6.50. The Labute approximate surface area is 124 Å². The molecule has 1 amide bonds. The van der Waals surface area contributed by atoms with Gasteiger partial charge in [-0.15, -0.1) is 0 Å². The van der Waals surface area contributed by atoms with Gasteiger partial charge in [-0.3, -0.25) is 4.79 Å². The molecular weight excluding hydrogens is 276 g/mol. The third-order valence-electron chi connectivity index (χ3n) is 3.57. The molecule has 2 N–H and O–H groups in total. The van der Waals surface area contributed by atoms with E-state index in [2.05, 4.69) is 27.5 Å². The molecule has 110 valence electrons. The first kappa shape index (κ1) is 15.2. The van der Waals surface area contributed by atoms with Crippen molar-refractivity contribution in [2.45, 2.75) is 51.6 Å². The summed E-state index contributed by atoms with van der Waals surface area (Å²) in [4.78, 5) is 20.8. The van der Waals surface area contributed by atoms with Gasteiger partial charge in [-0.1, -0.05) is 25.4 Å². The fraction of sp³-hybridized carbons (Fsp3) is 0.643. The maximum atomic E-state index is 12.3. The number of amides is 1. The van der Waals surface area contributed by atoms with Crippen LogP contribution in [0.3, 0.4) is 0 Å². The van der Waals surface area contributed by atoms with Crippen molar-refractivity contribution in [2.24, 2.45) is 0 Å². The molecule has 1 aliphatic heterocycles. The van der Waals surface area contributed by atoms with Crippen molar-refractivity contribution in [3.8, 4) is 0 Å². The van der Waals surface area contributed by atoms with Crippen LogP contribution < -0.4 is 10.6 Å². The van der Waals surface area contributed by atoms with E-state index in [9.17, 15) is 4.79 Å². The molecular formula is C14H21ClN4O. The number of hydrogen-bond donors (Lipinski definition) is 2. The average Bonchev–Trinajstić information content (AvgIpc) is 2.41. The van der Waals surface area contributed by atoms with Crippen LogP contribution in [-0.4, -0.2) is 34.5 Å². The van der Waals surface area contributed by atoms with E-state index in [4.69, 9.17) is 11.6 Å². The molecule has 1 fully saturated rings. The molecule has 1 aliphatic rings. The summed E-state index contributed by atoms with van der Waals surface area (Å²) < 4.78 is 0. The monoisotopic (exact) mass is 296 g/mol. The Kier molecular flexibility index (Phi) is 4.94. The van der Waals surface area contributed by atoms with E-state index in [0.717, 1.165) is 19.4 Å². The maximum absolute atomic E-state index is 12.3. The van der Waals surface area contributed by atoms with E-state index in [-0.39, 0.29) is 29.6 Å². The number of rotatable bonds is 3. The molecule has 0 radical (unpaired) electrons. The minimum Gasteiger partial charge on any atom is -0.346 e. The smallest absolute Gasteiger partial charge is 0.271 e. The van der Waals surface area contributed by atoms with Crippen LogP contribution in [0.4, 0.5) is 0 Å². The van der Waals surface area contributed by atoms with Crippen molar-refractivity contribution >= 4 is 17.5 Å². The molecule has 0 aliphatic carbocycles. The molecule has 1 saturated heterocycles. The Morgan fingerprint density at radius 1 is 1.55 bits per heavy atom. The molecule has 1 aromatic heterocycles. The second-order valence-electron chi connectivity index (χ2n) is 5.54. The molecule has 0 saturated carbocycles. The molecule has 6 heteroatoms. The third-order valence-corrected chi connectivity index (χ3v) is 3.85. The highest BCUT2D eigenvalue weighted by atomic mass is 35.5. The van der Waals surface area contributed by atoms with Gasteiger partial charge in [0.15, 0.2) is 0 Å². The molecule has 0 spiro atoms. The van der Waals surface area contributed by atoms with Crippen molar-refractivity contribution < 1.29 is 4.79 Å². The lowest BCUT2D eigenvalue weighted by Gasteiger charge is -2.30. The highest BCUT2D eigenvalue weighted by Crippen LogP contribution is 2.17. The Balaban J connectivity index is 2.14. The summed E-state index contributed by atoms with van der Waals surface area (Å²) in [5, 5.41) is 6.66. The molecule has 20 heavy (non-hydrogen) atoms. The Morgan fingerprint density at radius 3 is 2.95 bits per heavy atom. The van der Waals surface area contributed by atoms with Gasteiger partial charge < -0.3 is 10.6 Å². The van der Waals surface area contributed by atoms with Crippen molar-refractivity contribution in [3.05, 3.63) is 22.7 Å². The number of halogens is 1. The van der Waals surface area contributed by atoms with Crippen molar-refractivity contribution in [3.63, 3.8) is 0 Å². The topological polar surface area (TPSA) is 66.9 Å². The summed E-state index contributed by atoms with van der Waals surface area (Å²) in [7, 11) is 0. The normalized spacial score (nSPS) is 22.9. The SMILES string of the molecule is CC(C)c1ncc(Cl)c(C(=O)NC2CCCNC2C)n1. The van der Waals surface area contributed by atoms with Crippen molar-refractivity contribution in [1.29, 1.82) is 0 Å². The lowest BCUT2D eigenvalue weighted by Crippen LogP contribution is -2.52. The lowest BCUT2D eigenvalue weighted by atomic mass is 10.00.